The third-order valence-corrected chi connectivity index (χ3v) is 1.89. The van der Waals surface area contributed by atoms with Gasteiger partial charge in [0, 0.05) is 5.02 Å². The molecule has 6 heteroatoms. The second kappa shape index (κ2) is 4.31. The van der Waals surface area contributed by atoms with Crippen LogP contribution >= 0.6 is 11.6 Å². The molecular formula is C8H4ClN2NaO2. The number of aromatic carboxylic acids is 1. The Balaban J connectivity index is 0.000000980. The summed E-state index contributed by atoms with van der Waals surface area (Å²) in [6.45, 7) is 0. The Hall–Kier alpha value is -0.550. The number of halogens is 1. The van der Waals surface area contributed by atoms with Crippen molar-refractivity contribution in [2.45, 2.75) is 0 Å². The molecule has 0 radical (unpaired) electrons. The number of rotatable bonds is 1. The van der Waals surface area contributed by atoms with E-state index in [4.69, 9.17) is 11.6 Å². The van der Waals surface area contributed by atoms with Crippen LogP contribution in [0.15, 0.2) is 24.4 Å². The number of carboxylic acids is 1. The van der Waals surface area contributed by atoms with E-state index in [0.29, 0.717) is 10.5 Å². The zero-order chi connectivity index (χ0) is 9.42. The topological polar surface area (TPSA) is 57.4 Å². The van der Waals surface area contributed by atoms with Crippen LogP contribution in [-0.2, 0) is 0 Å². The molecule has 2 aromatic rings. The molecule has 0 aromatic carbocycles. The summed E-state index contributed by atoms with van der Waals surface area (Å²) in [5, 5.41) is 14.8. The molecule has 66 valence electrons. The predicted molar refractivity (Wildman–Crippen MR) is 44.5 cm³/mol. The van der Waals surface area contributed by atoms with Crippen LogP contribution < -0.4 is 34.7 Å². The minimum absolute atomic E-state index is 0. The molecule has 4 nitrogen and oxygen atoms in total. The van der Waals surface area contributed by atoms with Crippen molar-refractivity contribution in [3.8, 4) is 0 Å². The van der Waals surface area contributed by atoms with E-state index in [1.165, 1.54) is 16.8 Å². The standard InChI is InChI=1S/C8H5ClN2O2.Na/c9-5-3-6-1-2-10-11(6)7(4-5)8(12)13;/h1-4H,(H,12,13);/q;+1/p-1. The van der Waals surface area contributed by atoms with Crippen LogP contribution in [0.3, 0.4) is 0 Å². The van der Waals surface area contributed by atoms with Gasteiger partial charge in [-0.25, -0.2) is 4.52 Å². The Labute approximate surface area is 107 Å². The molecule has 0 fully saturated rings. The average Bonchev–Trinajstić information content (AvgIpc) is 2.49. The van der Waals surface area contributed by atoms with E-state index in [-0.39, 0.29) is 35.3 Å². The number of carbonyl (C=O) groups is 1. The van der Waals surface area contributed by atoms with Gasteiger partial charge in [0.15, 0.2) is 0 Å². The Kier molecular flexibility index (Phi) is 3.55. The zero-order valence-electron chi connectivity index (χ0n) is 7.40. The first kappa shape index (κ1) is 11.5. The number of hydrogen-bond donors (Lipinski definition) is 0. The molecule has 2 heterocycles. The Bertz CT molecular complexity index is 483. The van der Waals surface area contributed by atoms with Crippen molar-refractivity contribution in [3.05, 3.63) is 35.1 Å². The maximum absolute atomic E-state index is 10.6. The van der Waals surface area contributed by atoms with Gasteiger partial charge in [-0.2, -0.15) is 5.10 Å². The summed E-state index contributed by atoms with van der Waals surface area (Å²) in [6.07, 6.45) is 1.50. The molecule has 0 amide bonds. The van der Waals surface area contributed by atoms with Crippen LogP contribution in [0.5, 0.6) is 0 Å². The minimum atomic E-state index is -1.30. The maximum Gasteiger partial charge on any atom is 1.00 e. The monoisotopic (exact) mass is 218 g/mol. The second-order valence-electron chi connectivity index (χ2n) is 2.51. The summed E-state index contributed by atoms with van der Waals surface area (Å²) >= 11 is 5.69. The average molecular weight is 219 g/mol. The first-order chi connectivity index (χ1) is 6.18. The summed E-state index contributed by atoms with van der Waals surface area (Å²) in [5.74, 6) is -1.30. The van der Waals surface area contributed by atoms with Crippen LogP contribution in [0.2, 0.25) is 5.02 Å². The van der Waals surface area contributed by atoms with Crippen molar-refractivity contribution >= 4 is 23.1 Å². The zero-order valence-corrected chi connectivity index (χ0v) is 10.2. The van der Waals surface area contributed by atoms with E-state index in [2.05, 4.69) is 5.10 Å². The molecule has 2 aromatic heterocycles. The molecule has 0 bridgehead atoms. The third-order valence-electron chi connectivity index (χ3n) is 1.67. The summed E-state index contributed by atoms with van der Waals surface area (Å²) in [7, 11) is 0. The van der Waals surface area contributed by atoms with Crippen LogP contribution in [0.25, 0.3) is 5.52 Å². The molecule has 0 saturated heterocycles. The van der Waals surface area contributed by atoms with Crippen molar-refractivity contribution in [1.82, 2.24) is 9.61 Å². The molecule has 0 unspecified atom stereocenters. The van der Waals surface area contributed by atoms with E-state index in [1.807, 2.05) is 0 Å². The van der Waals surface area contributed by atoms with Crippen molar-refractivity contribution in [2.24, 2.45) is 0 Å². The van der Waals surface area contributed by atoms with Crippen molar-refractivity contribution in [1.29, 1.82) is 0 Å². The molecule has 0 saturated carbocycles. The molecule has 0 aliphatic carbocycles. The fraction of sp³-hybridized carbons (Fsp3) is 0. The number of carbonyl (C=O) groups excluding carboxylic acids is 1. The predicted octanol–water partition coefficient (Wildman–Crippen LogP) is -2.64. The van der Waals surface area contributed by atoms with Crippen LogP contribution in [0.4, 0.5) is 0 Å². The Morgan fingerprint density at radius 1 is 1.50 bits per heavy atom. The third kappa shape index (κ3) is 1.93. The van der Waals surface area contributed by atoms with Gasteiger partial charge in [0.05, 0.1) is 23.4 Å². The molecule has 2 rings (SSSR count). The number of fused-ring (bicyclic) bond motifs is 1. The SMILES string of the molecule is O=C([O-])c1cc(Cl)cc2ccnn12.[Na+]. The molecule has 0 spiro atoms. The molecule has 0 N–H and O–H groups in total. The van der Waals surface area contributed by atoms with E-state index in [9.17, 15) is 9.90 Å². The molecule has 14 heavy (non-hydrogen) atoms. The Morgan fingerprint density at radius 2 is 2.21 bits per heavy atom. The fourth-order valence-corrected chi connectivity index (χ4v) is 1.36. The molecular weight excluding hydrogens is 215 g/mol. The van der Waals surface area contributed by atoms with Gasteiger partial charge in [0.1, 0.15) is 0 Å². The Morgan fingerprint density at radius 3 is 2.86 bits per heavy atom. The summed E-state index contributed by atoms with van der Waals surface area (Å²) in [4.78, 5) is 10.6. The largest absolute Gasteiger partial charge is 1.00 e. The van der Waals surface area contributed by atoms with Crippen LogP contribution in [0, 0.1) is 0 Å². The van der Waals surface area contributed by atoms with Gasteiger partial charge in [0.2, 0.25) is 0 Å². The van der Waals surface area contributed by atoms with Crippen molar-refractivity contribution in [2.75, 3.05) is 0 Å². The normalized spacial score (nSPS) is 9.79. The van der Waals surface area contributed by atoms with Crippen LogP contribution in [0.1, 0.15) is 10.5 Å². The van der Waals surface area contributed by atoms with Gasteiger partial charge < -0.3 is 9.90 Å². The maximum atomic E-state index is 10.6. The molecule has 0 aliphatic rings. The smallest absolute Gasteiger partial charge is 0.543 e. The number of hydrogen-bond acceptors (Lipinski definition) is 3. The van der Waals surface area contributed by atoms with Gasteiger partial charge in [-0.05, 0) is 18.2 Å². The van der Waals surface area contributed by atoms with E-state index in [1.54, 1.807) is 12.1 Å². The van der Waals surface area contributed by atoms with E-state index >= 15 is 0 Å². The quantitative estimate of drug-likeness (QED) is 0.492. The number of nitrogens with zero attached hydrogens (tertiary/aromatic N) is 2. The van der Waals surface area contributed by atoms with Gasteiger partial charge >= 0.3 is 29.6 Å². The molecule has 0 atom stereocenters. The number of pyridine rings is 1. The fourth-order valence-electron chi connectivity index (χ4n) is 1.14. The number of carboxylic acid groups (broad SMARTS) is 1. The minimum Gasteiger partial charge on any atom is -0.543 e. The van der Waals surface area contributed by atoms with Crippen LogP contribution in [-0.4, -0.2) is 15.6 Å². The van der Waals surface area contributed by atoms with Crippen molar-refractivity contribution < 1.29 is 39.5 Å². The second-order valence-corrected chi connectivity index (χ2v) is 2.95. The van der Waals surface area contributed by atoms with E-state index < -0.39 is 5.97 Å². The molecule has 0 aliphatic heterocycles. The van der Waals surface area contributed by atoms with Gasteiger partial charge in [-0.15, -0.1) is 0 Å². The van der Waals surface area contributed by atoms with Gasteiger partial charge in [0.25, 0.3) is 0 Å². The van der Waals surface area contributed by atoms with Gasteiger partial charge in [-0.3, -0.25) is 0 Å². The number of aromatic nitrogens is 2. The van der Waals surface area contributed by atoms with Gasteiger partial charge in [-0.1, -0.05) is 11.6 Å². The van der Waals surface area contributed by atoms with Crippen molar-refractivity contribution in [3.63, 3.8) is 0 Å². The first-order valence-corrected chi connectivity index (χ1v) is 3.91. The summed E-state index contributed by atoms with van der Waals surface area (Å²) in [5.41, 5.74) is 0.583. The first-order valence-electron chi connectivity index (χ1n) is 3.53. The summed E-state index contributed by atoms with van der Waals surface area (Å²) < 4.78 is 1.27. The van der Waals surface area contributed by atoms with E-state index in [0.717, 1.165) is 0 Å². The summed E-state index contributed by atoms with van der Waals surface area (Å²) in [6, 6.07) is 4.59.